The van der Waals surface area contributed by atoms with Gasteiger partial charge in [0, 0.05) is 25.8 Å². The van der Waals surface area contributed by atoms with Crippen LogP contribution in [0.25, 0.3) is 11.2 Å². The summed E-state index contributed by atoms with van der Waals surface area (Å²) in [6.45, 7) is 5.00. The van der Waals surface area contributed by atoms with E-state index in [9.17, 15) is 14.4 Å². The van der Waals surface area contributed by atoms with Gasteiger partial charge in [-0.2, -0.15) is 4.98 Å². The zero-order valence-corrected chi connectivity index (χ0v) is 16.0. The second-order valence-electron chi connectivity index (χ2n) is 7.45. The van der Waals surface area contributed by atoms with E-state index in [-0.39, 0.29) is 5.92 Å². The zero-order chi connectivity index (χ0) is 20.2. The smallest absolute Gasteiger partial charge is 0.332 e. The number of anilines is 2. The average molecular weight is 382 g/mol. The Morgan fingerprint density at radius 2 is 1.89 bits per heavy atom. The molecule has 1 amide bonds. The van der Waals surface area contributed by atoms with Crippen molar-refractivity contribution in [1.29, 1.82) is 0 Å². The largest absolute Gasteiger partial charge is 0.368 e. The van der Waals surface area contributed by atoms with Crippen LogP contribution in [0, 0.1) is 12.8 Å². The minimum Gasteiger partial charge on any atom is -0.368 e. The number of primary amides is 1. The van der Waals surface area contributed by atoms with Gasteiger partial charge in [-0.25, -0.2) is 9.36 Å². The Labute approximate surface area is 160 Å². The monoisotopic (exact) mass is 382 g/mol. The van der Waals surface area contributed by atoms with Gasteiger partial charge >= 0.3 is 5.69 Å². The molecule has 9 heteroatoms. The van der Waals surface area contributed by atoms with Crippen LogP contribution in [-0.4, -0.2) is 31.1 Å². The number of rotatable bonds is 3. The van der Waals surface area contributed by atoms with E-state index in [0.29, 0.717) is 23.7 Å². The van der Waals surface area contributed by atoms with Crippen molar-refractivity contribution in [2.24, 2.45) is 18.7 Å². The van der Waals surface area contributed by atoms with Crippen molar-refractivity contribution in [2.45, 2.75) is 26.9 Å². The SMILES string of the molecule is Cc1ccc(N2CC(C)Cn3c2nc2c3c(=O)n(CC(N)=O)c(=O)n2C)cc1. The Morgan fingerprint density at radius 3 is 2.54 bits per heavy atom. The molecule has 0 saturated heterocycles. The fourth-order valence-electron chi connectivity index (χ4n) is 3.74. The minimum atomic E-state index is -0.744. The third-order valence-electron chi connectivity index (χ3n) is 5.10. The molecule has 1 atom stereocenters. The highest BCUT2D eigenvalue weighted by Gasteiger charge is 2.29. The molecule has 9 nitrogen and oxygen atoms in total. The van der Waals surface area contributed by atoms with Gasteiger partial charge in [0.1, 0.15) is 6.54 Å². The Bertz CT molecular complexity index is 1200. The molecule has 0 aliphatic carbocycles. The summed E-state index contributed by atoms with van der Waals surface area (Å²) >= 11 is 0. The number of hydrogen-bond acceptors (Lipinski definition) is 5. The number of carbonyl (C=O) groups excluding carboxylic acids is 1. The number of imidazole rings is 1. The van der Waals surface area contributed by atoms with Crippen LogP contribution >= 0.6 is 0 Å². The van der Waals surface area contributed by atoms with Crippen LogP contribution in [0.5, 0.6) is 0 Å². The summed E-state index contributed by atoms with van der Waals surface area (Å²) in [5, 5.41) is 0. The predicted molar refractivity (Wildman–Crippen MR) is 106 cm³/mol. The molecular formula is C19H22N6O3. The summed E-state index contributed by atoms with van der Waals surface area (Å²) in [6.07, 6.45) is 0. The number of amides is 1. The lowest BCUT2D eigenvalue weighted by molar-refractivity contribution is -0.118. The minimum absolute atomic E-state index is 0.257. The second kappa shape index (κ2) is 6.36. The summed E-state index contributed by atoms with van der Waals surface area (Å²) in [7, 11) is 1.54. The Kier molecular flexibility index (Phi) is 4.10. The lowest BCUT2D eigenvalue weighted by atomic mass is 10.1. The van der Waals surface area contributed by atoms with E-state index >= 15 is 0 Å². The van der Waals surface area contributed by atoms with Gasteiger partial charge in [-0.15, -0.1) is 0 Å². The number of fused-ring (bicyclic) bond motifs is 3. The highest BCUT2D eigenvalue weighted by molar-refractivity contribution is 5.78. The molecule has 0 saturated carbocycles. The van der Waals surface area contributed by atoms with Gasteiger partial charge < -0.3 is 15.2 Å². The summed E-state index contributed by atoms with van der Waals surface area (Å²) < 4.78 is 4.00. The molecular weight excluding hydrogens is 360 g/mol. The van der Waals surface area contributed by atoms with Gasteiger partial charge in [-0.1, -0.05) is 24.6 Å². The molecule has 28 heavy (non-hydrogen) atoms. The maximum Gasteiger partial charge on any atom is 0.332 e. The van der Waals surface area contributed by atoms with Crippen LogP contribution in [0.2, 0.25) is 0 Å². The highest BCUT2D eigenvalue weighted by atomic mass is 16.2. The number of carbonyl (C=O) groups is 1. The van der Waals surface area contributed by atoms with E-state index in [4.69, 9.17) is 5.73 Å². The first kappa shape index (κ1) is 18.0. The van der Waals surface area contributed by atoms with Crippen LogP contribution in [0.3, 0.4) is 0 Å². The normalized spacial score (nSPS) is 16.4. The van der Waals surface area contributed by atoms with Crippen molar-refractivity contribution < 1.29 is 4.79 Å². The first-order chi connectivity index (χ1) is 13.3. The van der Waals surface area contributed by atoms with Gasteiger partial charge in [0.2, 0.25) is 11.9 Å². The van der Waals surface area contributed by atoms with Crippen molar-refractivity contribution in [2.75, 3.05) is 11.4 Å². The molecule has 0 radical (unpaired) electrons. The van der Waals surface area contributed by atoms with E-state index in [1.165, 1.54) is 4.57 Å². The van der Waals surface area contributed by atoms with Gasteiger partial charge in [-0.3, -0.25) is 14.2 Å². The molecule has 3 aromatic rings. The Balaban J connectivity index is 2.00. The number of nitrogens with two attached hydrogens (primary N) is 1. The summed E-state index contributed by atoms with van der Waals surface area (Å²) in [4.78, 5) is 43.6. The molecule has 1 unspecified atom stereocenters. The number of benzene rings is 1. The highest BCUT2D eigenvalue weighted by Crippen LogP contribution is 2.32. The summed E-state index contributed by atoms with van der Waals surface area (Å²) in [5.74, 6) is 0.125. The molecule has 2 N–H and O–H groups in total. The van der Waals surface area contributed by atoms with Crippen molar-refractivity contribution in [3.63, 3.8) is 0 Å². The second-order valence-corrected chi connectivity index (χ2v) is 7.45. The van der Waals surface area contributed by atoms with Crippen molar-refractivity contribution in [3.8, 4) is 0 Å². The topological polar surface area (TPSA) is 108 Å². The molecule has 3 heterocycles. The molecule has 1 aliphatic rings. The maximum absolute atomic E-state index is 13.0. The van der Waals surface area contributed by atoms with Crippen LogP contribution in [-0.2, 0) is 24.9 Å². The van der Waals surface area contributed by atoms with Crippen LogP contribution in [0.1, 0.15) is 12.5 Å². The molecule has 146 valence electrons. The molecule has 1 aromatic carbocycles. The van der Waals surface area contributed by atoms with Crippen molar-refractivity contribution in [3.05, 3.63) is 50.7 Å². The predicted octanol–water partition coefficient (Wildman–Crippen LogP) is 0.478. The fraction of sp³-hybridized carbons (Fsp3) is 0.368. The van der Waals surface area contributed by atoms with Crippen LogP contribution < -0.4 is 21.9 Å². The van der Waals surface area contributed by atoms with Crippen LogP contribution in [0.4, 0.5) is 11.6 Å². The maximum atomic E-state index is 13.0. The van der Waals surface area contributed by atoms with Gasteiger partial charge in [0.15, 0.2) is 11.2 Å². The van der Waals surface area contributed by atoms with Gasteiger partial charge in [-0.05, 0) is 25.0 Å². The third kappa shape index (κ3) is 2.70. The summed E-state index contributed by atoms with van der Waals surface area (Å²) in [6, 6.07) is 8.08. The van der Waals surface area contributed by atoms with Crippen LogP contribution in [0.15, 0.2) is 33.9 Å². The Morgan fingerprint density at radius 1 is 1.21 bits per heavy atom. The van der Waals surface area contributed by atoms with E-state index in [0.717, 1.165) is 22.4 Å². The first-order valence-corrected chi connectivity index (χ1v) is 9.10. The van der Waals surface area contributed by atoms with Gasteiger partial charge in [0.25, 0.3) is 5.56 Å². The number of aryl methyl sites for hydroxylation is 2. The van der Waals surface area contributed by atoms with E-state index < -0.39 is 23.7 Å². The van der Waals surface area contributed by atoms with Crippen molar-refractivity contribution in [1.82, 2.24) is 18.7 Å². The molecule has 0 spiro atoms. The quantitative estimate of drug-likeness (QED) is 0.709. The number of aromatic nitrogens is 4. The molecule has 0 bridgehead atoms. The van der Waals surface area contributed by atoms with E-state index in [1.807, 2.05) is 35.8 Å². The average Bonchev–Trinajstić information content (AvgIpc) is 3.03. The zero-order valence-electron chi connectivity index (χ0n) is 16.0. The first-order valence-electron chi connectivity index (χ1n) is 9.10. The lowest BCUT2D eigenvalue weighted by Crippen LogP contribution is -2.43. The molecule has 1 aliphatic heterocycles. The Hall–Kier alpha value is -3.36. The molecule has 4 rings (SSSR count). The number of hydrogen-bond donors (Lipinski definition) is 1. The molecule has 2 aromatic heterocycles. The third-order valence-corrected chi connectivity index (χ3v) is 5.10. The summed E-state index contributed by atoms with van der Waals surface area (Å²) in [5.41, 5.74) is 6.80. The lowest BCUT2D eigenvalue weighted by Gasteiger charge is -2.33. The van der Waals surface area contributed by atoms with E-state index in [2.05, 4.69) is 16.8 Å². The number of nitrogens with zero attached hydrogens (tertiary/aromatic N) is 5. The fourth-order valence-corrected chi connectivity index (χ4v) is 3.74. The van der Waals surface area contributed by atoms with Gasteiger partial charge in [0.05, 0.1) is 0 Å². The standard InChI is InChI=1S/C19H22N6O3/c1-11-4-6-13(7-5-11)23-8-12(2)9-24-15-16(21-18(23)24)22(3)19(28)25(17(15)27)10-14(20)26/h4-7,12H,8-10H2,1-3H3,(H2,20,26). The van der Waals surface area contributed by atoms with E-state index in [1.54, 1.807) is 7.05 Å². The van der Waals surface area contributed by atoms with Crippen molar-refractivity contribution >= 4 is 28.7 Å². The molecule has 0 fully saturated rings.